The van der Waals surface area contributed by atoms with Gasteiger partial charge in [0.2, 0.25) is 0 Å². The Hall–Kier alpha value is -4.33. The van der Waals surface area contributed by atoms with Gasteiger partial charge in [-0.2, -0.15) is 0 Å². The summed E-state index contributed by atoms with van der Waals surface area (Å²) in [5, 5.41) is 5.60. The van der Waals surface area contributed by atoms with Crippen LogP contribution < -0.4 is 24.8 Å². The molecule has 0 atom stereocenters. The molecule has 0 bridgehead atoms. The number of anilines is 2. The minimum atomic E-state index is -0.588. The predicted octanol–water partition coefficient (Wildman–Crippen LogP) is 4.95. The molecule has 4 rings (SSSR count). The van der Waals surface area contributed by atoms with Crippen LogP contribution in [0.3, 0.4) is 0 Å². The minimum absolute atomic E-state index is 0.0799. The molecule has 0 radical (unpaired) electrons. The molecule has 3 aromatic carbocycles. The maximum absolute atomic E-state index is 13.0. The number of ether oxygens (including phenoxy) is 3. The highest BCUT2D eigenvalue weighted by molar-refractivity contribution is 6.09. The first-order valence-electron chi connectivity index (χ1n) is 11.0. The Morgan fingerprint density at radius 3 is 1.97 bits per heavy atom. The molecule has 0 saturated heterocycles. The third kappa shape index (κ3) is 5.11. The van der Waals surface area contributed by atoms with Crippen molar-refractivity contribution in [2.24, 2.45) is 0 Å². The molecule has 0 aromatic heterocycles. The van der Waals surface area contributed by atoms with E-state index in [-0.39, 0.29) is 18.1 Å². The van der Waals surface area contributed by atoms with Crippen molar-refractivity contribution in [1.29, 1.82) is 0 Å². The van der Waals surface area contributed by atoms with Crippen LogP contribution in [-0.4, -0.2) is 37.4 Å². The zero-order valence-electron chi connectivity index (χ0n) is 19.9. The lowest BCUT2D eigenvalue weighted by molar-refractivity contribution is 0.0620. The zero-order valence-corrected chi connectivity index (χ0v) is 19.9. The summed E-state index contributed by atoms with van der Waals surface area (Å²) in [4.78, 5) is 38.2. The van der Waals surface area contributed by atoms with E-state index in [1.54, 1.807) is 48.5 Å². The van der Waals surface area contributed by atoms with Crippen LogP contribution in [0.4, 0.5) is 11.4 Å². The smallest absolute Gasteiger partial charge is 0.255 e. The molecule has 180 valence electrons. The van der Waals surface area contributed by atoms with Crippen molar-refractivity contribution in [3.05, 3.63) is 77.4 Å². The third-order valence-electron chi connectivity index (χ3n) is 5.57. The number of ketones is 1. The van der Waals surface area contributed by atoms with Crippen molar-refractivity contribution in [1.82, 2.24) is 0 Å². The van der Waals surface area contributed by atoms with E-state index < -0.39 is 11.5 Å². The van der Waals surface area contributed by atoms with Crippen molar-refractivity contribution in [3.63, 3.8) is 0 Å². The lowest BCUT2D eigenvalue weighted by Crippen LogP contribution is -2.36. The van der Waals surface area contributed by atoms with E-state index in [0.717, 1.165) is 0 Å². The molecular weight excluding hydrogens is 448 g/mol. The van der Waals surface area contributed by atoms with E-state index in [9.17, 15) is 14.4 Å². The first-order chi connectivity index (χ1) is 16.7. The molecule has 1 heterocycles. The normalized spacial score (nSPS) is 13.8. The van der Waals surface area contributed by atoms with Gasteiger partial charge in [-0.25, -0.2) is 0 Å². The second-order valence-corrected chi connectivity index (χ2v) is 8.70. The fourth-order valence-corrected chi connectivity index (χ4v) is 3.87. The second-order valence-electron chi connectivity index (χ2n) is 8.70. The summed E-state index contributed by atoms with van der Waals surface area (Å²) in [7, 11) is 2.92. The predicted molar refractivity (Wildman–Crippen MR) is 132 cm³/mol. The Bertz CT molecular complexity index is 1300. The third-order valence-corrected chi connectivity index (χ3v) is 5.57. The maximum Gasteiger partial charge on any atom is 0.255 e. The number of carbonyl (C=O) groups excluding carboxylic acids is 3. The molecule has 35 heavy (non-hydrogen) atoms. The van der Waals surface area contributed by atoms with Crippen molar-refractivity contribution < 1.29 is 28.6 Å². The van der Waals surface area contributed by atoms with Crippen LogP contribution in [0.5, 0.6) is 17.2 Å². The van der Waals surface area contributed by atoms with Gasteiger partial charge < -0.3 is 24.8 Å². The topological polar surface area (TPSA) is 103 Å². The van der Waals surface area contributed by atoms with Gasteiger partial charge in [0.25, 0.3) is 11.8 Å². The average molecular weight is 475 g/mol. The number of hydrogen-bond acceptors (Lipinski definition) is 6. The lowest BCUT2D eigenvalue weighted by atomic mass is 9.92. The van der Waals surface area contributed by atoms with Gasteiger partial charge in [0, 0.05) is 23.3 Å². The van der Waals surface area contributed by atoms with Crippen LogP contribution in [0.2, 0.25) is 0 Å². The van der Waals surface area contributed by atoms with Crippen molar-refractivity contribution in [2.75, 3.05) is 24.9 Å². The van der Waals surface area contributed by atoms with Gasteiger partial charge in [0.1, 0.15) is 22.8 Å². The highest BCUT2D eigenvalue weighted by atomic mass is 16.5. The summed E-state index contributed by atoms with van der Waals surface area (Å²) in [6, 6.07) is 16.6. The van der Waals surface area contributed by atoms with Crippen LogP contribution in [0, 0.1) is 0 Å². The molecule has 8 nitrogen and oxygen atoms in total. The molecule has 0 spiro atoms. The average Bonchev–Trinajstić information content (AvgIpc) is 2.84. The highest BCUT2D eigenvalue weighted by Crippen LogP contribution is 2.38. The number of Topliss-reactive ketones (excluding diaryl/α,β-unsaturated/α-hetero) is 1. The molecule has 2 N–H and O–H groups in total. The standard InChI is InChI=1S/C27H26N2O6/c1-27(2)15-21(30)18-12-17(10-11-22(18)35-27)26(32)29-20-14-23(33-3)19(13-24(20)34-4)28-25(31)16-8-6-5-7-9-16/h5-14H,15H2,1-4H3,(H,28,31)(H,29,32). The van der Waals surface area contributed by atoms with E-state index in [0.29, 0.717) is 45.3 Å². The van der Waals surface area contributed by atoms with E-state index >= 15 is 0 Å². The molecule has 3 aromatic rings. The van der Waals surface area contributed by atoms with Crippen LogP contribution in [0.15, 0.2) is 60.7 Å². The van der Waals surface area contributed by atoms with Gasteiger partial charge in [0.15, 0.2) is 5.78 Å². The van der Waals surface area contributed by atoms with Crippen molar-refractivity contribution in [3.8, 4) is 17.2 Å². The molecule has 0 saturated carbocycles. The van der Waals surface area contributed by atoms with E-state index in [4.69, 9.17) is 14.2 Å². The first-order valence-corrected chi connectivity index (χ1v) is 11.0. The number of benzene rings is 3. The Balaban J connectivity index is 1.58. The van der Waals surface area contributed by atoms with Crippen LogP contribution in [-0.2, 0) is 0 Å². The van der Waals surface area contributed by atoms with Crippen molar-refractivity contribution in [2.45, 2.75) is 25.9 Å². The molecule has 2 amide bonds. The first kappa shape index (κ1) is 23.8. The van der Waals surface area contributed by atoms with Gasteiger partial charge in [0.05, 0.1) is 37.6 Å². The lowest BCUT2D eigenvalue weighted by Gasteiger charge is -2.31. The van der Waals surface area contributed by atoms with Gasteiger partial charge in [-0.1, -0.05) is 18.2 Å². The number of nitrogens with one attached hydrogen (secondary N) is 2. The van der Waals surface area contributed by atoms with Crippen molar-refractivity contribution >= 4 is 29.0 Å². The van der Waals surface area contributed by atoms with Gasteiger partial charge in [-0.05, 0) is 44.2 Å². The van der Waals surface area contributed by atoms with Gasteiger partial charge >= 0.3 is 0 Å². The quantitative estimate of drug-likeness (QED) is 0.524. The number of amides is 2. The summed E-state index contributed by atoms with van der Waals surface area (Å²) < 4.78 is 16.7. The number of hydrogen-bond donors (Lipinski definition) is 2. The maximum atomic E-state index is 13.0. The Kier molecular flexibility index (Phi) is 6.46. The Morgan fingerprint density at radius 1 is 0.829 bits per heavy atom. The highest BCUT2D eigenvalue weighted by Gasteiger charge is 2.33. The largest absolute Gasteiger partial charge is 0.494 e. The monoisotopic (exact) mass is 474 g/mol. The fourth-order valence-electron chi connectivity index (χ4n) is 3.87. The van der Waals surface area contributed by atoms with E-state index in [1.165, 1.54) is 20.3 Å². The molecule has 0 unspecified atom stereocenters. The SMILES string of the molecule is COc1cc(NC(=O)c2ccc3c(c2)C(=O)CC(C)(C)O3)c(OC)cc1NC(=O)c1ccccc1. The van der Waals surface area contributed by atoms with E-state index in [1.807, 2.05) is 19.9 Å². The number of rotatable bonds is 6. The summed E-state index contributed by atoms with van der Waals surface area (Å²) in [5.74, 6) is 0.284. The van der Waals surface area contributed by atoms with Crippen LogP contribution in [0.1, 0.15) is 51.3 Å². The molecular formula is C27H26N2O6. The van der Waals surface area contributed by atoms with E-state index in [2.05, 4.69) is 10.6 Å². The summed E-state index contributed by atoms with van der Waals surface area (Å²) >= 11 is 0. The molecule has 0 fully saturated rings. The molecule has 1 aliphatic rings. The molecule has 1 aliphatic heterocycles. The van der Waals surface area contributed by atoms with Gasteiger partial charge in [-0.15, -0.1) is 0 Å². The summed E-state index contributed by atoms with van der Waals surface area (Å²) in [6.07, 6.45) is 0.228. The van der Waals surface area contributed by atoms with Crippen LogP contribution >= 0.6 is 0 Å². The number of fused-ring (bicyclic) bond motifs is 1. The summed E-state index contributed by atoms with van der Waals surface area (Å²) in [6.45, 7) is 3.69. The van der Waals surface area contributed by atoms with Crippen LogP contribution in [0.25, 0.3) is 0 Å². The fraction of sp³-hybridized carbons (Fsp3) is 0.222. The molecule has 8 heteroatoms. The molecule has 0 aliphatic carbocycles. The second kappa shape index (κ2) is 9.50. The number of methoxy groups -OCH3 is 2. The van der Waals surface area contributed by atoms with Gasteiger partial charge in [-0.3, -0.25) is 14.4 Å². The number of carbonyl (C=O) groups is 3. The Morgan fingerprint density at radius 2 is 1.40 bits per heavy atom. The zero-order chi connectivity index (χ0) is 25.2. The Labute approximate surface area is 203 Å². The minimum Gasteiger partial charge on any atom is -0.494 e. The summed E-state index contributed by atoms with van der Waals surface area (Å²) in [5.41, 5.74) is 1.29.